The first-order valence-corrected chi connectivity index (χ1v) is 8.59. The molecule has 7 heteroatoms. The number of fused-ring (bicyclic) bond motifs is 1. The lowest BCUT2D eigenvalue weighted by Gasteiger charge is -2.15. The van der Waals surface area contributed by atoms with Crippen molar-refractivity contribution in [3.63, 3.8) is 0 Å². The molecule has 2 heterocycles. The van der Waals surface area contributed by atoms with E-state index in [0.29, 0.717) is 40.9 Å². The number of ether oxygens (including phenoxy) is 4. The van der Waals surface area contributed by atoms with Crippen LogP contribution < -0.4 is 18.9 Å². The summed E-state index contributed by atoms with van der Waals surface area (Å²) in [6, 6.07) is 9.49. The molecule has 0 aliphatic carbocycles. The van der Waals surface area contributed by atoms with Crippen molar-refractivity contribution in [2.24, 2.45) is 5.16 Å². The van der Waals surface area contributed by atoms with Gasteiger partial charge in [-0.25, -0.2) is 0 Å². The number of oxime groups is 1. The van der Waals surface area contributed by atoms with Gasteiger partial charge in [0.1, 0.15) is 6.10 Å². The summed E-state index contributed by atoms with van der Waals surface area (Å²) in [5, 5.41) is 4.90. The molecule has 0 N–H and O–H groups in total. The molecule has 2 aliphatic heterocycles. The maximum Gasteiger partial charge on any atom is 0.231 e. The Labute approximate surface area is 156 Å². The van der Waals surface area contributed by atoms with Gasteiger partial charge in [-0.15, -0.1) is 0 Å². The molecule has 6 nitrogen and oxygen atoms in total. The molecule has 0 saturated heterocycles. The minimum Gasteiger partial charge on any atom is -0.493 e. The first-order valence-electron chi connectivity index (χ1n) is 8.21. The maximum absolute atomic E-state index is 6.06. The van der Waals surface area contributed by atoms with Crippen molar-refractivity contribution in [2.45, 2.75) is 18.9 Å². The van der Waals surface area contributed by atoms with Gasteiger partial charge in [-0.2, -0.15) is 0 Å². The molecule has 2 aliphatic rings. The Balaban J connectivity index is 1.55. The van der Waals surface area contributed by atoms with Gasteiger partial charge in [-0.05, 0) is 18.2 Å². The molecule has 0 saturated carbocycles. The highest BCUT2D eigenvalue weighted by atomic mass is 35.5. The van der Waals surface area contributed by atoms with Gasteiger partial charge in [-0.1, -0.05) is 28.9 Å². The lowest BCUT2D eigenvalue weighted by Crippen LogP contribution is -2.13. The summed E-state index contributed by atoms with van der Waals surface area (Å²) in [6.45, 7) is 0.146. The van der Waals surface area contributed by atoms with E-state index >= 15 is 0 Å². The van der Waals surface area contributed by atoms with E-state index in [0.717, 1.165) is 16.8 Å². The van der Waals surface area contributed by atoms with E-state index in [1.54, 1.807) is 14.2 Å². The monoisotopic (exact) mass is 375 g/mol. The van der Waals surface area contributed by atoms with Crippen LogP contribution in [0.1, 0.15) is 17.5 Å². The summed E-state index contributed by atoms with van der Waals surface area (Å²) in [7, 11) is 3.21. The van der Waals surface area contributed by atoms with Crippen molar-refractivity contribution in [3.05, 3.63) is 46.5 Å². The average molecular weight is 376 g/mol. The maximum atomic E-state index is 6.06. The molecule has 0 aromatic heterocycles. The van der Waals surface area contributed by atoms with Crippen molar-refractivity contribution in [1.82, 2.24) is 0 Å². The zero-order chi connectivity index (χ0) is 18.1. The average Bonchev–Trinajstić information content (AvgIpc) is 3.30. The number of hydrogen-bond acceptors (Lipinski definition) is 6. The van der Waals surface area contributed by atoms with Gasteiger partial charge in [0.05, 0.1) is 19.9 Å². The summed E-state index contributed by atoms with van der Waals surface area (Å²) in [6.07, 6.45) is 1.17. The lowest BCUT2D eigenvalue weighted by atomic mass is 9.99. The molecule has 0 amide bonds. The molecule has 1 unspecified atom stereocenters. The summed E-state index contributed by atoms with van der Waals surface area (Å²) >= 11 is 6.06. The van der Waals surface area contributed by atoms with Crippen LogP contribution in [0, 0.1) is 0 Å². The van der Waals surface area contributed by atoms with Crippen LogP contribution in [0.5, 0.6) is 23.0 Å². The fraction of sp³-hybridized carbons (Fsp3) is 0.316. The fourth-order valence-corrected chi connectivity index (χ4v) is 3.40. The minimum atomic E-state index is -0.108. The molecule has 1 atom stereocenters. The van der Waals surface area contributed by atoms with Crippen LogP contribution in [0.15, 0.2) is 35.5 Å². The third-order valence-electron chi connectivity index (χ3n) is 4.40. The molecule has 0 bridgehead atoms. The predicted molar refractivity (Wildman–Crippen MR) is 96.9 cm³/mol. The summed E-state index contributed by atoms with van der Waals surface area (Å²) < 4.78 is 22.0. The normalized spacial score (nSPS) is 17.7. The van der Waals surface area contributed by atoms with Gasteiger partial charge in [0.2, 0.25) is 18.3 Å². The Bertz CT molecular complexity index is 867. The van der Waals surface area contributed by atoms with Gasteiger partial charge in [0.25, 0.3) is 0 Å². The quantitative estimate of drug-likeness (QED) is 0.795. The molecule has 2 aromatic carbocycles. The smallest absolute Gasteiger partial charge is 0.231 e. The predicted octanol–water partition coefficient (Wildman–Crippen LogP) is 3.82. The van der Waals surface area contributed by atoms with E-state index in [-0.39, 0.29) is 12.9 Å². The van der Waals surface area contributed by atoms with Crippen LogP contribution in [0.25, 0.3) is 0 Å². The van der Waals surface area contributed by atoms with Crippen molar-refractivity contribution in [2.75, 3.05) is 21.0 Å². The van der Waals surface area contributed by atoms with Crippen LogP contribution >= 0.6 is 11.6 Å². The molecule has 0 radical (unpaired) electrons. The number of hydrogen-bond donors (Lipinski definition) is 0. The van der Waals surface area contributed by atoms with Crippen molar-refractivity contribution in [3.8, 4) is 23.0 Å². The first kappa shape index (κ1) is 16.8. The highest BCUT2D eigenvalue weighted by Crippen LogP contribution is 2.50. The molecule has 0 spiro atoms. The molecular formula is C19H18ClNO5. The Kier molecular flexibility index (Phi) is 4.51. The van der Waals surface area contributed by atoms with E-state index in [2.05, 4.69) is 5.16 Å². The van der Waals surface area contributed by atoms with Gasteiger partial charge in [0, 0.05) is 29.0 Å². The molecule has 2 aromatic rings. The van der Waals surface area contributed by atoms with Crippen LogP contribution in [0.2, 0.25) is 5.02 Å². The summed E-state index contributed by atoms with van der Waals surface area (Å²) in [5.41, 5.74) is 2.76. The number of nitrogens with zero attached hydrogens (tertiary/aromatic N) is 1. The second-order valence-electron chi connectivity index (χ2n) is 6.02. The van der Waals surface area contributed by atoms with Crippen LogP contribution in [-0.2, 0) is 11.3 Å². The summed E-state index contributed by atoms with van der Waals surface area (Å²) in [5.74, 6) is 2.38. The third kappa shape index (κ3) is 3.01. The Hall–Kier alpha value is -2.60. The fourth-order valence-electron chi connectivity index (χ4n) is 3.21. The number of halogens is 1. The van der Waals surface area contributed by atoms with Crippen LogP contribution in [0.3, 0.4) is 0 Å². The third-order valence-corrected chi connectivity index (χ3v) is 4.64. The van der Waals surface area contributed by atoms with E-state index in [1.807, 2.05) is 30.3 Å². The Morgan fingerprint density at radius 2 is 2.00 bits per heavy atom. The minimum absolute atomic E-state index is 0.108. The number of benzene rings is 2. The Morgan fingerprint density at radius 3 is 2.77 bits per heavy atom. The first-order chi connectivity index (χ1) is 12.7. The van der Waals surface area contributed by atoms with Gasteiger partial charge in [-0.3, -0.25) is 0 Å². The van der Waals surface area contributed by atoms with E-state index in [9.17, 15) is 0 Å². The van der Waals surface area contributed by atoms with Gasteiger partial charge < -0.3 is 23.8 Å². The number of methoxy groups -OCH3 is 2. The second-order valence-corrected chi connectivity index (χ2v) is 6.46. The van der Waals surface area contributed by atoms with E-state index < -0.39 is 0 Å². The van der Waals surface area contributed by atoms with Crippen molar-refractivity contribution in [1.29, 1.82) is 0 Å². The second kappa shape index (κ2) is 6.96. The largest absolute Gasteiger partial charge is 0.493 e. The Morgan fingerprint density at radius 1 is 1.15 bits per heavy atom. The molecule has 0 fully saturated rings. The standard InChI is InChI=1S/C19H18ClNO5/c1-22-16-8-12(17(23-2)19-18(16)24-10-25-19)7-14-9-15(21-26-14)11-4-3-5-13(20)6-11/h3-6,8,14H,7,9-10H2,1-2H3. The molecule has 26 heavy (non-hydrogen) atoms. The lowest BCUT2D eigenvalue weighted by molar-refractivity contribution is 0.0853. The highest BCUT2D eigenvalue weighted by Gasteiger charge is 2.30. The summed E-state index contributed by atoms with van der Waals surface area (Å²) in [4.78, 5) is 5.63. The molecule has 136 valence electrons. The zero-order valence-corrected chi connectivity index (χ0v) is 15.2. The van der Waals surface area contributed by atoms with Crippen LogP contribution in [-0.4, -0.2) is 32.8 Å². The zero-order valence-electron chi connectivity index (χ0n) is 14.5. The van der Waals surface area contributed by atoms with E-state index in [4.69, 9.17) is 35.4 Å². The topological polar surface area (TPSA) is 58.5 Å². The highest BCUT2D eigenvalue weighted by molar-refractivity contribution is 6.31. The van der Waals surface area contributed by atoms with Crippen molar-refractivity contribution >= 4 is 17.3 Å². The van der Waals surface area contributed by atoms with E-state index in [1.165, 1.54) is 0 Å². The molecular weight excluding hydrogens is 358 g/mol. The molecule has 4 rings (SSSR count). The van der Waals surface area contributed by atoms with Gasteiger partial charge >= 0.3 is 0 Å². The van der Waals surface area contributed by atoms with Gasteiger partial charge in [0.15, 0.2) is 11.5 Å². The van der Waals surface area contributed by atoms with Crippen LogP contribution in [0.4, 0.5) is 0 Å². The SMILES string of the molecule is COc1cc(CC2CC(c3cccc(Cl)c3)=NO2)c(OC)c2c1OCO2. The number of rotatable bonds is 5. The van der Waals surface area contributed by atoms with Crippen molar-refractivity contribution < 1.29 is 23.8 Å².